The molecule has 4 aromatic rings. The third-order valence-electron chi connectivity index (χ3n) is 4.23. The summed E-state index contributed by atoms with van der Waals surface area (Å²) in [5, 5.41) is 5.60. The van der Waals surface area contributed by atoms with E-state index in [1.165, 1.54) is 16.8 Å². The third-order valence-corrected chi connectivity index (χ3v) is 4.23. The van der Waals surface area contributed by atoms with Gasteiger partial charge < -0.3 is 10.1 Å². The van der Waals surface area contributed by atoms with E-state index in [2.05, 4.69) is 15.4 Å². The van der Waals surface area contributed by atoms with Crippen LogP contribution in [0, 0.1) is 6.92 Å². The molecule has 0 aliphatic heterocycles. The van der Waals surface area contributed by atoms with E-state index in [9.17, 15) is 9.59 Å². The number of fused-ring (bicyclic) bond motifs is 1. The number of ether oxygens (including phenoxy) is 1. The monoisotopic (exact) mass is 374 g/mol. The lowest BCUT2D eigenvalue weighted by Gasteiger charge is -2.07. The molecule has 0 bridgehead atoms. The number of aryl methyl sites for hydroxylation is 1. The highest BCUT2D eigenvalue weighted by molar-refractivity contribution is 5.99. The summed E-state index contributed by atoms with van der Waals surface area (Å²) >= 11 is 0. The maximum absolute atomic E-state index is 12.5. The molecule has 0 unspecified atom stereocenters. The smallest absolute Gasteiger partial charge is 0.272 e. The normalized spacial score (nSPS) is 10.8. The number of amides is 1. The van der Waals surface area contributed by atoms with Crippen molar-refractivity contribution in [3.05, 3.63) is 94.0 Å². The first kappa shape index (κ1) is 17.5. The number of benzene rings is 2. The van der Waals surface area contributed by atoms with Crippen LogP contribution in [0.5, 0.6) is 11.5 Å². The van der Waals surface area contributed by atoms with E-state index in [1.54, 1.807) is 6.92 Å². The third kappa shape index (κ3) is 3.64. The molecule has 0 aliphatic rings. The first-order chi connectivity index (χ1) is 13.6. The Bertz CT molecular complexity index is 1180. The van der Waals surface area contributed by atoms with E-state index < -0.39 is 0 Å². The topological polar surface area (TPSA) is 88.5 Å². The summed E-state index contributed by atoms with van der Waals surface area (Å²) in [7, 11) is 0. The van der Waals surface area contributed by atoms with Gasteiger partial charge >= 0.3 is 0 Å². The van der Waals surface area contributed by atoms with Crippen LogP contribution >= 0.6 is 0 Å². The molecule has 2 N–H and O–H groups in total. The Labute approximate surface area is 160 Å². The number of aromatic amines is 1. The highest BCUT2D eigenvalue weighted by Crippen LogP contribution is 2.21. The Morgan fingerprint density at radius 3 is 2.57 bits per heavy atom. The van der Waals surface area contributed by atoms with Gasteiger partial charge in [-0.3, -0.25) is 14.7 Å². The van der Waals surface area contributed by atoms with Gasteiger partial charge in [0.05, 0.1) is 0 Å². The number of para-hydroxylation sites is 1. The van der Waals surface area contributed by atoms with Crippen LogP contribution in [0.1, 0.15) is 21.6 Å². The number of nitrogens with zero attached hydrogens (tertiary/aromatic N) is 2. The lowest BCUT2D eigenvalue weighted by molar-refractivity contribution is 0.0952. The van der Waals surface area contributed by atoms with Crippen LogP contribution < -0.4 is 15.6 Å². The van der Waals surface area contributed by atoms with Gasteiger partial charge in [0.15, 0.2) is 5.65 Å². The van der Waals surface area contributed by atoms with Crippen molar-refractivity contribution in [2.75, 3.05) is 0 Å². The number of carbonyl (C=O) groups is 1. The van der Waals surface area contributed by atoms with E-state index in [1.807, 2.05) is 54.6 Å². The second-order valence-electron chi connectivity index (χ2n) is 6.32. The van der Waals surface area contributed by atoms with Crippen LogP contribution in [-0.2, 0) is 6.54 Å². The van der Waals surface area contributed by atoms with E-state index >= 15 is 0 Å². The standard InChI is InChI=1S/C21H18N4O3/c1-14-11-19(26)25-20(24-14)18(13-23-25)21(27)22-12-15-7-9-17(10-8-15)28-16-5-3-2-4-6-16/h2-11,13,23H,12H2,1H3,(H,22,27). The molecule has 0 saturated carbocycles. The fourth-order valence-corrected chi connectivity index (χ4v) is 2.84. The molecule has 0 radical (unpaired) electrons. The molecule has 0 spiro atoms. The summed E-state index contributed by atoms with van der Waals surface area (Å²) in [6.07, 6.45) is 1.48. The first-order valence-corrected chi connectivity index (χ1v) is 8.78. The highest BCUT2D eigenvalue weighted by Gasteiger charge is 2.14. The van der Waals surface area contributed by atoms with Crippen LogP contribution in [0.15, 0.2) is 71.7 Å². The molecule has 4 rings (SSSR count). The number of hydrogen-bond acceptors (Lipinski definition) is 4. The molecule has 7 nitrogen and oxygen atoms in total. The summed E-state index contributed by atoms with van der Waals surface area (Å²) in [6, 6.07) is 18.4. The lowest BCUT2D eigenvalue weighted by atomic mass is 10.2. The van der Waals surface area contributed by atoms with Crippen LogP contribution in [0.4, 0.5) is 0 Å². The van der Waals surface area contributed by atoms with Crippen LogP contribution in [-0.4, -0.2) is 20.5 Å². The van der Waals surface area contributed by atoms with Crippen molar-refractivity contribution in [3.63, 3.8) is 0 Å². The average Bonchev–Trinajstić information content (AvgIpc) is 3.12. The lowest BCUT2D eigenvalue weighted by Crippen LogP contribution is -2.23. The minimum absolute atomic E-state index is 0.254. The number of aromatic nitrogens is 3. The van der Waals surface area contributed by atoms with Crippen molar-refractivity contribution in [2.45, 2.75) is 13.5 Å². The average molecular weight is 374 g/mol. The Hall–Kier alpha value is -3.87. The minimum atomic E-state index is -0.305. The van der Waals surface area contributed by atoms with Gasteiger partial charge in [-0.2, -0.15) is 0 Å². The summed E-state index contributed by atoms with van der Waals surface area (Å²) in [6.45, 7) is 2.06. The Morgan fingerprint density at radius 1 is 1.11 bits per heavy atom. The maximum Gasteiger partial charge on any atom is 0.272 e. The van der Waals surface area contributed by atoms with Gasteiger partial charge in [-0.15, -0.1) is 0 Å². The van der Waals surface area contributed by atoms with E-state index in [0.29, 0.717) is 23.4 Å². The van der Waals surface area contributed by atoms with Gasteiger partial charge in [0, 0.05) is 24.5 Å². The molecule has 7 heteroatoms. The van der Waals surface area contributed by atoms with Crippen molar-refractivity contribution in [3.8, 4) is 11.5 Å². The Kier molecular flexibility index (Phi) is 4.63. The van der Waals surface area contributed by atoms with Gasteiger partial charge in [-0.1, -0.05) is 30.3 Å². The maximum atomic E-state index is 12.5. The molecule has 2 aromatic carbocycles. The second kappa shape index (κ2) is 7.40. The minimum Gasteiger partial charge on any atom is -0.457 e. The zero-order valence-electron chi connectivity index (χ0n) is 15.2. The number of rotatable bonds is 5. The zero-order chi connectivity index (χ0) is 19.5. The zero-order valence-corrected chi connectivity index (χ0v) is 15.2. The number of nitrogens with one attached hydrogen (secondary N) is 2. The number of H-pyrrole nitrogens is 1. The summed E-state index contributed by atoms with van der Waals surface area (Å²) < 4.78 is 7.00. The quantitative estimate of drug-likeness (QED) is 0.562. The molecular formula is C21H18N4O3. The van der Waals surface area contributed by atoms with E-state index in [4.69, 9.17) is 4.74 Å². The first-order valence-electron chi connectivity index (χ1n) is 8.78. The van der Waals surface area contributed by atoms with Gasteiger partial charge in [0.25, 0.3) is 11.5 Å². The van der Waals surface area contributed by atoms with Gasteiger partial charge in [-0.25, -0.2) is 9.50 Å². The largest absolute Gasteiger partial charge is 0.457 e. The van der Waals surface area contributed by atoms with E-state index in [-0.39, 0.29) is 11.5 Å². The summed E-state index contributed by atoms with van der Waals surface area (Å²) in [5.74, 6) is 1.18. The predicted octanol–water partition coefficient (Wildman–Crippen LogP) is 3.05. The molecule has 0 atom stereocenters. The Morgan fingerprint density at radius 2 is 1.82 bits per heavy atom. The number of hydrogen-bond donors (Lipinski definition) is 2. The fourth-order valence-electron chi connectivity index (χ4n) is 2.84. The Balaban J connectivity index is 1.43. The molecule has 0 fully saturated rings. The van der Waals surface area contributed by atoms with Crippen LogP contribution in [0.2, 0.25) is 0 Å². The van der Waals surface area contributed by atoms with Crippen LogP contribution in [0.3, 0.4) is 0 Å². The molecule has 0 aliphatic carbocycles. The van der Waals surface area contributed by atoms with Gasteiger partial charge in [0.1, 0.15) is 17.1 Å². The van der Waals surface area contributed by atoms with Crippen molar-refractivity contribution >= 4 is 11.6 Å². The highest BCUT2D eigenvalue weighted by atomic mass is 16.5. The summed E-state index contributed by atoms with van der Waals surface area (Å²) in [5.41, 5.74) is 1.87. The van der Waals surface area contributed by atoms with E-state index in [0.717, 1.165) is 17.1 Å². The summed E-state index contributed by atoms with van der Waals surface area (Å²) in [4.78, 5) is 28.7. The predicted molar refractivity (Wildman–Crippen MR) is 105 cm³/mol. The SMILES string of the molecule is Cc1cc(=O)n2[nH]cc(C(=O)NCc3ccc(Oc4ccccc4)cc3)c2n1. The molecule has 28 heavy (non-hydrogen) atoms. The molecule has 1 amide bonds. The van der Waals surface area contributed by atoms with Gasteiger partial charge in [-0.05, 0) is 36.8 Å². The van der Waals surface area contributed by atoms with Crippen molar-refractivity contribution in [1.82, 2.24) is 19.9 Å². The molecule has 2 aromatic heterocycles. The molecule has 2 heterocycles. The number of carbonyl (C=O) groups excluding carboxylic acids is 1. The van der Waals surface area contributed by atoms with Gasteiger partial charge in [0.2, 0.25) is 0 Å². The molecule has 0 saturated heterocycles. The fraction of sp³-hybridized carbons (Fsp3) is 0.0952. The van der Waals surface area contributed by atoms with Crippen molar-refractivity contribution < 1.29 is 9.53 Å². The molecular weight excluding hydrogens is 356 g/mol. The molecule has 140 valence electrons. The van der Waals surface area contributed by atoms with Crippen LogP contribution in [0.25, 0.3) is 5.65 Å². The van der Waals surface area contributed by atoms with Crippen molar-refractivity contribution in [2.24, 2.45) is 0 Å². The second-order valence-corrected chi connectivity index (χ2v) is 6.32. The van der Waals surface area contributed by atoms with Crippen molar-refractivity contribution in [1.29, 1.82) is 0 Å².